The predicted molar refractivity (Wildman–Crippen MR) is 88.4 cm³/mol. The van der Waals surface area contributed by atoms with Crippen LogP contribution in [0.1, 0.15) is 12.8 Å². The van der Waals surface area contributed by atoms with Crippen molar-refractivity contribution in [1.29, 1.82) is 0 Å². The normalized spacial score (nSPS) is 19.1. The Bertz CT molecular complexity index is 702. The van der Waals surface area contributed by atoms with Crippen LogP contribution in [0.15, 0.2) is 65.6 Å². The minimum atomic E-state index is -3.44. The third-order valence-electron chi connectivity index (χ3n) is 3.92. The zero-order chi connectivity index (χ0) is 15.4. The minimum absolute atomic E-state index is 0.0563. The molecule has 2 aromatic carbocycles. The average Bonchev–Trinajstić information content (AvgIpc) is 2.56. The first-order valence-corrected chi connectivity index (χ1v) is 9.01. The first-order chi connectivity index (χ1) is 10.6. The Morgan fingerprint density at radius 2 is 1.59 bits per heavy atom. The number of hydrogen-bond acceptors (Lipinski definition) is 3. The molecule has 4 nitrogen and oxygen atoms in total. The topological polar surface area (TPSA) is 49.4 Å². The van der Waals surface area contributed by atoms with E-state index in [-0.39, 0.29) is 6.04 Å². The molecule has 1 heterocycles. The van der Waals surface area contributed by atoms with E-state index in [0.717, 1.165) is 25.1 Å². The zero-order valence-corrected chi connectivity index (χ0v) is 13.2. The second-order valence-electron chi connectivity index (χ2n) is 5.56. The Hall–Kier alpha value is -1.85. The predicted octanol–water partition coefficient (Wildman–Crippen LogP) is 2.63. The van der Waals surface area contributed by atoms with E-state index >= 15 is 0 Å². The van der Waals surface area contributed by atoms with E-state index in [2.05, 4.69) is 21.8 Å². The van der Waals surface area contributed by atoms with E-state index in [0.29, 0.717) is 11.4 Å². The van der Waals surface area contributed by atoms with Gasteiger partial charge in [0.05, 0.1) is 4.90 Å². The van der Waals surface area contributed by atoms with Gasteiger partial charge in [0.2, 0.25) is 10.0 Å². The average molecular weight is 316 g/mol. The maximum absolute atomic E-state index is 12.4. The molecule has 0 amide bonds. The highest BCUT2D eigenvalue weighted by Crippen LogP contribution is 2.20. The van der Waals surface area contributed by atoms with Gasteiger partial charge in [-0.15, -0.1) is 0 Å². The maximum atomic E-state index is 12.4. The van der Waals surface area contributed by atoms with E-state index in [1.807, 2.05) is 24.3 Å². The molecule has 0 saturated carbocycles. The molecular formula is C17H20N2O2S. The quantitative estimate of drug-likeness (QED) is 0.943. The molecule has 22 heavy (non-hydrogen) atoms. The number of nitrogens with one attached hydrogen (secondary N) is 1. The fourth-order valence-electron chi connectivity index (χ4n) is 2.83. The van der Waals surface area contributed by atoms with Crippen LogP contribution in [0.25, 0.3) is 0 Å². The SMILES string of the molecule is O=S(=O)(NC1CCCN(c2ccccc2)C1)c1ccccc1. The molecule has 116 valence electrons. The molecule has 0 spiro atoms. The van der Waals surface area contributed by atoms with Gasteiger partial charge in [-0.05, 0) is 37.1 Å². The Kier molecular flexibility index (Phi) is 4.45. The maximum Gasteiger partial charge on any atom is 0.240 e. The van der Waals surface area contributed by atoms with Gasteiger partial charge < -0.3 is 4.90 Å². The van der Waals surface area contributed by atoms with Gasteiger partial charge >= 0.3 is 0 Å². The number of nitrogens with zero attached hydrogens (tertiary/aromatic N) is 1. The standard InChI is InChI=1S/C17H20N2O2S/c20-22(21,17-11-5-2-6-12-17)18-15-8-7-13-19(14-15)16-9-3-1-4-10-16/h1-6,9-12,15,18H,7-8,13-14H2. The summed E-state index contributed by atoms with van der Waals surface area (Å²) >= 11 is 0. The van der Waals surface area contributed by atoms with Gasteiger partial charge in [0.15, 0.2) is 0 Å². The molecule has 1 N–H and O–H groups in total. The van der Waals surface area contributed by atoms with Crippen LogP contribution < -0.4 is 9.62 Å². The Morgan fingerprint density at radius 3 is 2.27 bits per heavy atom. The third kappa shape index (κ3) is 3.48. The number of rotatable bonds is 4. The molecule has 0 bridgehead atoms. The lowest BCUT2D eigenvalue weighted by Gasteiger charge is -2.34. The molecule has 1 atom stereocenters. The smallest absolute Gasteiger partial charge is 0.240 e. The molecule has 3 rings (SSSR count). The molecular weight excluding hydrogens is 296 g/mol. The van der Waals surface area contributed by atoms with E-state index in [1.54, 1.807) is 24.3 Å². The van der Waals surface area contributed by atoms with Crippen LogP contribution in [-0.2, 0) is 10.0 Å². The van der Waals surface area contributed by atoms with Crippen molar-refractivity contribution < 1.29 is 8.42 Å². The Balaban J connectivity index is 1.71. The van der Waals surface area contributed by atoms with Gasteiger partial charge in [0.1, 0.15) is 0 Å². The minimum Gasteiger partial charge on any atom is -0.370 e. The Morgan fingerprint density at radius 1 is 0.955 bits per heavy atom. The second-order valence-corrected chi connectivity index (χ2v) is 7.27. The lowest BCUT2D eigenvalue weighted by molar-refractivity contribution is 0.466. The molecule has 0 aliphatic carbocycles. The molecule has 1 aliphatic rings. The third-order valence-corrected chi connectivity index (χ3v) is 5.45. The summed E-state index contributed by atoms with van der Waals surface area (Å²) in [7, 11) is -3.44. The van der Waals surface area contributed by atoms with E-state index in [1.165, 1.54) is 0 Å². The molecule has 0 aromatic heterocycles. The monoisotopic (exact) mass is 316 g/mol. The van der Waals surface area contributed by atoms with Crippen LogP contribution in [0.5, 0.6) is 0 Å². The number of hydrogen-bond donors (Lipinski definition) is 1. The molecule has 1 saturated heterocycles. The van der Waals surface area contributed by atoms with E-state index in [4.69, 9.17) is 0 Å². The Labute approximate surface area is 131 Å². The largest absolute Gasteiger partial charge is 0.370 e. The molecule has 1 unspecified atom stereocenters. The van der Waals surface area contributed by atoms with Crippen LogP contribution >= 0.6 is 0 Å². The van der Waals surface area contributed by atoms with Gasteiger partial charge in [0.25, 0.3) is 0 Å². The summed E-state index contributed by atoms with van der Waals surface area (Å²) in [4.78, 5) is 2.56. The first kappa shape index (κ1) is 15.1. The van der Waals surface area contributed by atoms with Crippen LogP contribution in [0.4, 0.5) is 5.69 Å². The summed E-state index contributed by atoms with van der Waals surface area (Å²) in [6.45, 7) is 1.67. The lowest BCUT2D eigenvalue weighted by atomic mass is 10.1. The van der Waals surface area contributed by atoms with Crippen molar-refractivity contribution in [2.45, 2.75) is 23.8 Å². The van der Waals surface area contributed by atoms with Crippen molar-refractivity contribution in [2.75, 3.05) is 18.0 Å². The van der Waals surface area contributed by atoms with Gasteiger partial charge in [-0.2, -0.15) is 0 Å². The van der Waals surface area contributed by atoms with Crippen LogP contribution in [-0.4, -0.2) is 27.5 Å². The highest BCUT2D eigenvalue weighted by atomic mass is 32.2. The van der Waals surface area contributed by atoms with E-state index < -0.39 is 10.0 Å². The van der Waals surface area contributed by atoms with Crippen molar-refractivity contribution in [1.82, 2.24) is 4.72 Å². The summed E-state index contributed by atoms with van der Waals surface area (Å²) in [6.07, 6.45) is 1.85. The number of anilines is 1. The van der Waals surface area contributed by atoms with Crippen LogP contribution in [0.2, 0.25) is 0 Å². The van der Waals surface area contributed by atoms with E-state index in [9.17, 15) is 8.42 Å². The molecule has 2 aromatic rings. The van der Waals surface area contributed by atoms with Crippen LogP contribution in [0, 0.1) is 0 Å². The zero-order valence-electron chi connectivity index (χ0n) is 12.4. The fraction of sp³-hybridized carbons (Fsp3) is 0.294. The van der Waals surface area contributed by atoms with Gasteiger partial charge in [0, 0.05) is 24.8 Å². The number of para-hydroxylation sites is 1. The van der Waals surface area contributed by atoms with Crippen molar-refractivity contribution in [3.63, 3.8) is 0 Å². The summed E-state index contributed by atoms with van der Waals surface area (Å²) in [5.74, 6) is 0. The summed E-state index contributed by atoms with van der Waals surface area (Å²) in [6, 6.07) is 18.6. The number of sulfonamides is 1. The first-order valence-electron chi connectivity index (χ1n) is 7.52. The highest BCUT2D eigenvalue weighted by Gasteiger charge is 2.25. The van der Waals surface area contributed by atoms with Crippen molar-refractivity contribution >= 4 is 15.7 Å². The lowest BCUT2D eigenvalue weighted by Crippen LogP contribution is -2.47. The second kappa shape index (κ2) is 6.50. The van der Waals surface area contributed by atoms with Gasteiger partial charge in [-0.1, -0.05) is 36.4 Å². The molecule has 1 aliphatic heterocycles. The van der Waals surface area contributed by atoms with Crippen LogP contribution in [0.3, 0.4) is 0 Å². The fourth-order valence-corrected chi connectivity index (χ4v) is 4.12. The summed E-state index contributed by atoms with van der Waals surface area (Å²) < 4.78 is 27.7. The van der Waals surface area contributed by atoms with Gasteiger partial charge in [-0.25, -0.2) is 13.1 Å². The van der Waals surface area contributed by atoms with Crippen molar-refractivity contribution in [3.05, 3.63) is 60.7 Å². The molecule has 1 fully saturated rings. The number of benzene rings is 2. The molecule has 5 heteroatoms. The van der Waals surface area contributed by atoms with Crippen molar-refractivity contribution in [3.8, 4) is 0 Å². The summed E-state index contributed by atoms with van der Waals surface area (Å²) in [5.41, 5.74) is 1.14. The molecule has 0 radical (unpaired) electrons. The number of piperidine rings is 1. The van der Waals surface area contributed by atoms with Crippen molar-refractivity contribution in [2.24, 2.45) is 0 Å². The van der Waals surface area contributed by atoms with Gasteiger partial charge in [-0.3, -0.25) is 0 Å². The highest BCUT2D eigenvalue weighted by molar-refractivity contribution is 7.89. The summed E-state index contributed by atoms with van der Waals surface area (Å²) in [5, 5.41) is 0.